The van der Waals surface area contributed by atoms with Crippen LogP contribution in [0.5, 0.6) is 0 Å². The Morgan fingerprint density at radius 1 is 1.42 bits per heavy atom. The van der Waals surface area contributed by atoms with Gasteiger partial charge in [-0.1, -0.05) is 13.8 Å². The zero-order valence-corrected chi connectivity index (χ0v) is 7.92. The number of carbonyl (C=O) groups excluding carboxylic acids is 1. The summed E-state index contributed by atoms with van der Waals surface area (Å²) < 4.78 is 0. The molecule has 0 aromatic rings. The molecule has 0 aliphatic rings. The molecule has 4 heteroatoms. The van der Waals surface area contributed by atoms with Crippen LogP contribution in [0.15, 0.2) is 0 Å². The number of amides is 2. The van der Waals surface area contributed by atoms with Crippen LogP contribution >= 0.6 is 0 Å². The van der Waals surface area contributed by atoms with Crippen LogP contribution in [0.2, 0.25) is 0 Å². The Hall–Kier alpha value is -0.770. The first kappa shape index (κ1) is 11.2. The number of hydrogen-bond acceptors (Lipinski definition) is 2. The van der Waals surface area contributed by atoms with Crippen molar-refractivity contribution >= 4 is 6.03 Å². The summed E-state index contributed by atoms with van der Waals surface area (Å²) in [5, 5.41) is 13.9. The quantitative estimate of drug-likeness (QED) is 0.575. The summed E-state index contributed by atoms with van der Waals surface area (Å²) in [6.45, 7) is 6.42. The van der Waals surface area contributed by atoms with Crippen molar-refractivity contribution in [2.75, 3.05) is 13.2 Å². The van der Waals surface area contributed by atoms with E-state index in [1.165, 1.54) is 0 Å². The molecular formula is C8H18N2O2. The third-order valence-corrected chi connectivity index (χ3v) is 1.32. The molecule has 0 aliphatic carbocycles. The summed E-state index contributed by atoms with van der Waals surface area (Å²) in [5.41, 5.74) is 0. The molecule has 1 atom stereocenters. The molecule has 1 unspecified atom stereocenters. The molecule has 2 amide bonds. The summed E-state index contributed by atoms with van der Waals surface area (Å²) in [7, 11) is 0. The molecule has 72 valence electrons. The van der Waals surface area contributed by atoms with Crippen molar-refractivity contribution in [2.24, 2.45) is 5.92 Å². The lowest BCUT2D eigenvalue weighted by Gasteiger charge is -2.12. The Labute approximate surface area is 73.3 Å². The summed E-state index contributed by atoms with van der Waals surface area (Å²) in [4.78, 5) is 11.0. The smallest absolute Gasteiger partial charge is 0.315 e. The molecule has 0 rings (SSSR count). The molecule has 0 heterocycles. The minimum Gasteiger partial charge on any atom is -0.394 e. The lowest BCUT2D eigenvalue weighted by molar-refractivity contribution is 0.219. The maximum atomic E-state index is 11.0. The summed E-state index contributed by atoms with van der Waals surface area (Å²) in [6, 6.07) is -0.401. The second-order valence-electron chi connectivity index (χ2n) is 3.33. The lowest BCUT2D eigenvalue weighted by Crippen LogP contribution is -2.43. The van der Waals surface area contributed by atoms with Crippen molar-refractivity contribution in [2.45, 2.75) is 26.8 Å². The molecule has 0 aromatic carbocycles. The van der Waals surface area contributed by atoms with Crippen molar-refractivity contribution in [3.8, 4) is 0 Å². The normalized spacial score (nSPS) is 12.8. The minimum absolute atomic E-state index is 0.0326. The minimum atomic E-state index is -0.217. The van der Waals surface area contributed by atoms with E-state index in [0.717, 1.165) is 0 Å². The number of hydrogen-bond donors (Lipinski definition) is 3. The number of nitrogens with one attached hydrogen (secondary N) is 2. The molecule has 0 fully saturated rings. The monoisotopic (exact) mass is 174 g/mol. The molecule has 0 aliphatic heterocycles. The Kier molecular flexibility index (Phi) is 5.45. The van der Waals surface area contributed by atoms with Crippen LogP contribution in [0.3, 0.4) is 0 Å². The van der Waals surface area contributed by atoms with E-state index in [2.05, 4.69) is 10.6 Å². The molecule has 12 heavy (non-hydrogen) atoms. The van der Waals surface area contributed by atoms with E-state index in [1.54, 1.807) is 6.92 Å². The Morgan fingerprint density at radius 2 is 2.00 bits per heavy atom. The van der Waals surface area contributed by atoms with Gasteiger partial charge in [0.15, 0.2) is 0 Å². The van der Waals surface area contributed by atoms with E-state index < -0.39 is 0 Å². The first-order valence-corrected chi connectivity index (χ1v) is 4.21. The molecule has 0 saturated carbocycles. The van der Waals surface area contributed by atoms with E-state index in [9.17, 15) is 4.79 Å². The molecule has 0 spiro atoms. The van der Waals surface area contributed by atoms with Crippen molar-refractivity contribution in [1.29, 1.82) is 0 Å². The fourth-order valence-electron chi connectivity index (χ4n) is 0.617. The summed E-state index contributed by atoms with van der Waals surface area (Å²) in [5.74, 6) is 0.445. The van der Waals surface area contributed by atoms with Crippen LogP contribution in [0.25, 0.3) is 0 Å². The van der Waals surface area contributed by atoms with E-state index in [0.29, 0.717) is 12.5 Å². The average Bonchev–Trinajstić information content (AvgIpc) is 2.00. The van der Waals surface area contributed by atoms with Crippen LogP contribution in [0, 0.1) is 5.92 Å². The maximum Gasteiger partial charge on any atom is 0.315 e. The number of aliphatic hydroxyl groups is 1. The van der Waals surface area contributed by atoms with Gasteiger partial charge in [-0.3, -0.25) is 0 Å². The maximum absolute atomic E-state index is 11.0. The highest BCUT2D eigenvalue weighted by molar-refractivity contribution is 5.74. The highest BCUT2D eigenvalue weighted by Gasteiger charge is 2.04. The molecule has 0 saturated heterocycles. The lowest BCUT2D eigenvalue weighted by atomic mass is 10.2. The summed E-state index contributed by atoms with van der Waals surface area (Å²) >= 11 is 0. The fraction of sp³-hybridized carbons (Fsp3) is 0.875. The fourth-order valence-corrected chi connectivity index (χ4v) is 0.617. The largest absolute Gasteiger partial charge is 0.394 e. The van der Waals surface area contributed by atoms with Crippen LogP contribution in [0.1, 0.15) is 20.8 Å². The van der Waals surface area contributed by atoms with Crippen molar-refractivity contribution in [3.63, 3.8) is 0 Å². The van der Waals surface area contributed by atoms with Gasteiger partial charge in [0.2, 0.25) is 0 Å². The van der Waals surface area contributed by atoms with Gasteiger partial charge in [-0.25, -0.2) is 4.79 Å². The zero-order chi connectivity index (χ0) is 9.56. The molecule has 4 nitrogen and oxygen atoms in total. The summed E-state index contributed by atoms with van der Waals surface area (Å²) in [6.07, 6.45) is 0. The van der Waals surface area contributed by atoms with Gasteiger partial charge in [0, 0.05) is 6.54 Å². The predicted octanol–water partition coefficient (Wildman–Crippen LogP) is 0.322. The second kappa shape index (κ2) is 5.83. The Morgan fingerprint density at radius 3 is 2.42 bits per heavy atom. The van der Waals surface area contributed by atoms with Gasteiger partial charge in [0.1, 0.15) is 0 Å². The zero-order valence-electron chi connectivity index (χ0n) is 7.92. The van der Waals surface area contributed by atoms with Gasteiger partial charge in [0.25, 0.3) is 0 Å². The van der Waals surface area contributed by atoms with Gasteiger partial charge in [0.05, 0.1) is 12.6 Å². The molecule has 0 radical (unpaired) electrons. The van der Waals surface area contributed by atoms with Crippen molar-refractivity contribution in [1.82, 2.24) is 10.6 Å². The van der Waals surface area contributed by atoms with Gasteiger partial charge in [-0.2, -0.15) is 0 Å². The molecule has 0 aromatic heterocycles. The first-order chi connectivity index (χ1) is 5.56. The molecule has 0 bridgehead atoms. The average molecular weight is 174 g/mol. The SMILES string of the molecule is CC(C)CNC(=O)NC(C)CO. The first-order valence-electron chi connectivity index (χ1n) is 4.21. The topological polar surface area (TPSA) is 61.4 Å². The van der Waals surface area contributed by atoms with Gasteiger partial charge in [-0.15, -0.1) is 0 Å². The number of carbonyl (C=O) groups is 1. The van der Waals surface area contributed by atoms with Crippen LogP contribution in [-0.4, -0.2) is 30.3 Å². The third-order valence-electron chi connectivity index (χ3n) is 1.32. The Bertz CT molecular complexity index is 137. The van der Waals surface area contributed by atoms with Crippen LogP contribution < -0.4 is 10.6 Å². The van der Waals surface area contributed by atoms with Crippen molar-refractivity contribution in [3.05, 3.63) is 0 Å². The van der Waals surface area contributed by atoms with Gasteiger partial charge in [-0.05, 0) is 12.8 Å². The van der Waals surface area contributed by atoms with Crippen molar-refractivity contribution < 1.29 is 9.90 Å². The number of urea groups is 1. The highest BCUT2D eigenvalue weighted by atomic mass is 16.3. The Balaban J connectivity index is 3.46. The predicted molar refractivity (Wildman–Crippen MR) is 47.9 cm³/mol. The number of rotatable bonds is 4. The number of aliphatic hydroxyl groups excluding tert-OH is 1. The van der Waals surface area contributed by atoms with E-state index >= 15 is 0 Å². The van der Waals surface area contributed by atoms with Crippen LogP contribution in [-0.2, 0) is 0 Å². The van der Waals surface area contributed by atoms with Gasteiger partial charge < -0.3 is 15.7 Å². The van der Waals surface area contributed by atoms with E-state index in [1.807, 2.05) is 13.8 Å². The van der Waals surface area contributed by atoms with E-state index in [4.69, 9.17) is 5.11 Å². The highest BCUT2D eigenvalue weighted by Crippen LogP contribution is 1.86. The molecular weight excluding hydrogens is 156 g/mol. The standard InChI is InChI=1S/C8H18N2O2/c1-6(2)4-9-8(12)10-7(3)5-11/h6-7,11H,4-5H2,1-3H3,(H2,9,10,12). The van der Waals surface area contributed by atoms with Gasteiger partial charge >= 0.3 is 6.03 Å². The van der Waals surface area contributed by atoms with Crippen LogP contribution in [0.4, 0.5) is 4.79 Å². The molecule has 3 N–H and O–H groups in total. The third kappa shape index (κ3) is 5.97. The van der Waals surface area contributed by atoms with E-state index in [-0.39, 0.29) is 18.7 Å². The second-order valence-corrected chi connectivity index (χ2v) is 3.33.